The molecular formula is C17H21F2N3OS. The lowest BCUT2D eigenvalue weighted by molar-refractivity contribution is 0.230. The highest BCUT2D eigenvalue weighted by atomic mass is 32.1. The monoisotopic (exact) mass is 353 g/mol. The molecule has 130 valence electrons. The van der Waals surface area contributed by atoms with Crippen molar-refractivity contribution in [3.63, 3.8) is 0 Å². The molecule has 2 rings (SSSR count). The number of benzene rings is 1. The van der Waals surface area contributed by atoms with Crippen LogP contribution in [0.15, 0.2) is 35.0 Å². The molecule has 0 aliphatic heterocycles. The summed E-state index contributed by atoms with van der Waals surface area (Å²) in [4.78, 5) is 14.1. The molecule has 1 aromatic carbocycles. The Labute approximate surface area is 144 Å². The molecule has 0 bridgehead atoms. The average Bonchev–Trinajstić information content (AvgIpc) is 3.00. The van der Waals surface area contributed by atoms with Gasteiger partial charge in [0.2, 0.25) is 0 Å². The topological polar surface area (TPSA) is 44.4 Å². The first-order valence-electron chi connectivity index (χ1n) is 7.56. The summed E-state index contributed by atoms with van der Waals surface area (Å²) < 4.78 is 26.7. The van der Waals surface area contributed by atoms with Crippen molar-refractivity contribution in [2.24, 2.45) is 0 Å². The van der Waals surface area contributed by atoms with Crippen LogP contribution >= 0.6 is 11.3 Å². The summed E-state index contributed by atoms with van der Waals surface area (Å²) >= 11 is 1.60. The minimum absolute atomic E-state index is 0.0554. The summed E-state index contributed by atoms with van der Waals surface area (Å²) in [5.41, 5.74) is 1.37. The number of hydrogen-bond acceptors (Lipinski definition) is 3. The maximum absolute atomic E-state index is 13.7. The quantitative estimate of drug-likeness (QED) is 0.832. The van der Waals surface area contributed by atoms with Crippen LogP contribution in [0.4, 0.5) is 13.6 Å². The Balaban J connectivity index is 1.92. The predicted octanol–water partition coefficient (Wildman–Crippen LogP) is 3.69. The Kier molecular flexibility index (Phi) is 6.28. The molecule has 0 radical (unpaired) electrons. The smallest absolute Gasteiger partial charge is 0.315 e. The fourth-order valence-electron chi connectivity index (χ4n) is 2.43. The van der Waals surface area contributed by atoms with E-state index < -0.39 is 23.7 Å². The van der Waals surface area contributed by atoms with Crippen LogP contribution in [0.5, 0.6) is 0 Å². The molecule has 2 unspecified atom stereocenters. The summed E-state index contributed by atoms with van der Waals surface area (Å²) in [6.45, 7) is 2.08. The maximum Gasteiger partial charge on any atom is 0.315 e. The molecule has 0 fully saturated rings. The van der Waals surface area contributed by atoms with E-state index >= 15 is 0 Å². The standard InChI is InChI=1S/C17H21F2N3OS/c1-11(14-5-4-13(18)8-15(14)19)21-17(23)20-9-16(22(2)3)12-6-7-24-10-12/h4-8,10-11,16H,9H2,1-3H3,(H2,20,21,23). The number of thiophene rings is 1. The number of hydrogen-bond donors (Lipinski definition) is 2. The van der Waals surface area contributed by atoms with Gasteiger partial charge in [-0.25, -0.2) is 13.6 Å². The molecule has 2 N–H and O–H groups in total. The number of carbonyl (C=O) groups excluding carboxylic acids is 1. The van der Waals surface area contributed by atoms with Gasteiger partial charge >= 0.3 is 6.03 Å². The Morgan fingerprint density at radius 1 is 1.29 bits per heavy atom. The number of amides is 2. The summed E-state index contributed by atoms with van der Waals surface area (Å²) in [6, 6.07) is 4.43. The van der Waals surface area contributed by atoms with E-state index in [9.17, 15) is 13.6 Å². The van der Waals surface area contributed by atoms with Gasteiger partial charge in [-0.3, -0.25) is 0 Å². The van der Waals surface area contributed by atoms with Crippen molar-refractivity contribution in [1.29, 1.82) is 0 Å². The van der Waals surface area contributed by atoms with Crippen molar-refractivity contribution in [2.75, 3.05) is 20.6 Å². The van der Waals surface area contributed by atoms with E-state index in [1.54, 1.807) is 18.3 Å². The fourth-order valence-corrected chi connectivity index (χ4v) is 3.14. The third-order valence-electron chi connectivity index (χ3n) is 3.78. The van der Waals surface area contributed by atoms with E-state index in [1.807, 2.05) is 35.8 Å². The number of rotatable bonds is 6. The highest BCUT2D eigenvalue weighted by molar-refractivity contribution is 7.07. The van der Waals surface area contributed by atoms with Crippen molar-refractivity contribution >= 4 is 17.4 Å². The van der Waals surface area contributed by atoms with Gasteiger partial charge in [0.25, 0.3) is 0 Å². The molecule has 1 heterocycles. The van der Waals surface area contributed by atoms with Gasteiger partial charge < -0.3 is 15.5 Å². The van der Waals surface area contributed by atoms with Crippen LogP contribution in [0.25, 0.3) is 0 Å². The Morgan fingerprint density at radius 3 is 2.62 bits per heavy atom. The zero-order valence-corrected chi connectivity index (χ0v) is 14.7. The van der Waals surface area contributed by atoms with E-state index in [0.717, 1.165) is 11.6 Å². The molecule has 2 aromatic rings. The molecule has 4 nitrogen and oxygen atoms in total. The zero-order valence-electron chi connectivity index (χ0n) is 13.8. The largest absolute Gasteiger partial charge is 0.336 e. The van der Waals surface area contributed by atoms with Gasteiger partial charge in [-0.05, 0) is 49.5 Å². The van der Waals surface area contributed by atoms with E-state index in [2.05, 4.69) is 10.6 Å². The molecule has 0 spiro atoms. The van der Waals surface area contributed by atoms with E-state index in [0.29, 0.717) is 6.54 Å². The first kappa shape index (κ1) is 18.4. The zero-order chi connectivity index (χ0) is 17.7. The number of carbonyl (C=O) groups is 1. The number of halogens is 2. The summed E-state index contributed by atoms with van der Waals surface area (Å²) in [5, 5.41) is 9.50. The molecule has 24 heavy (non-hydrogen) atoms. The van der Waals surface area contributed by atoms with Crippen LogP contribution in [0.1, 0.15) is 30.1 Å². The van der Waals surface area contributed by atoms with Crippen molar-refractivity contribution < 1.29 is 13.6 Å². The lowest BCUT2D eigenvalue weighted by atomic mass is 10.1. The Morgan fingerprint density at radius 2 is 2.04 bits per heavy atom. The SMILES string of the molecule is CC(NC(=O)NCC(c1ccsc1)N(C)C)c1ccc(F)cc1F. The van der Waals surface area contributed by atoms with Gasteiger partial charge in [0.05, 0.1) is 12.1 Å². The normalized spacial score (nSPS) is 13.6. The van der Waals surface area contributed by atoms with Crippen LogP contribution in [0, 0.1) is 11.6 Å². The summed E-state index contributed by atoms with van der Waals surface area (Å²) in [7, 11) is 3.89. The number of likely N-dealkylation sites (N-methyl/N-ethyl adjacent to an activating group) is 1. The van der Waals surface area contributed by atoms with Crippen LogP contribution in [0.2, 0.25) is 0 Å². The first-order chi connectivity index (χ1) is 11.4. The first-order valence-corrected chi connectivity index (χ1v) is 8.50. The van der Waals surface area contributed by atoms with Crippen LogP contribution in [-0.4, -0.2) is 31.6 Å². The third-order valence-corrected chi connectivity index (χ3v) is 4.49. The van der Waals surface area contributed by atoms with Crippen LogP contribution < -0.4 is 10.6 Å². The lowest BCUT2D eigenvalue weighted by Gasteiger charge is -2.24. The Bertz CT molecular complexity index is 676. The molecule has 0 saturated heterocycles. The van der Waals surface area contributed by atoms with Crippen molar-refractivity contribution in [3.8, 4) is 0 Å². The van der Waals surface area contributed by atoms with Gasteiger partial charge in [0.15, 0.2) is 0 Å². The minimum atomic E-state index is -0.674. The molecule has 0 aliphatic rings. The van der Waals surface area contributed by atoms with Crippen molar-refractivity contribution in [3.05, 3.63) is 57.8 Å². The Hall–Kier alpha value is -1.99. The predicted molar refractivity (Wildman–Crippen MR) is 92.1 cm³/mol. The van der Waals surface area contributed by atoms with Gasteiger partial charge in [-0.15, -0.1) is 0 Å². The number of nitrogens with zero attached hydrogens (tertiary/aromatic N) is 1. The summed E-state index contributed by atoms with van der Waals surface area (Å²) in [5.74, 6) is -1.32. The molecule has 2 atom stereocenters. The van der Waals surface area contributed by atoms with E-state index in [1.165, 1.54) is 12.1 Å². The van der Waals surface area contributed by atoms with Crippen molar-refractivity contribution in [2.45, 2.75) is 19.0 Å². The fraction of sp³-hybridized carbons (Fsp3) is 0.353. The minimum Gasteiger partial charge on any atom is -0.336 e. The highest BCUT2D eigenvalue weighted by Gasteiger charge is 2.18. The molecular weight excluding hydrogens is 332 g/mol. The highest BCUT2D eigenvalue weighted by Crippen LogP contribution is 2.20. The molecule has 0 saturated carbocycles. The van der Waals surface area contributed by atoms with Crippen LogP contribution in [0.3, 0.4) is 0 Å². The number of urea groups is 1. The lowest BCUT2D eigenvalue weighted by Crippen LogP contribution is -2.41. The second-order valence-corrected chi connectivity index (χ2v) is 6.56. The molecule has 0 aliphatic carbocycles. The van der Waals surface area contributed by atoms with Gasteiger partial charge in [0.1, 0.15) is 11.6 Å². The molecule has 2 amide bonds. The second kappa shape index (κ2) is 8.21. The average molecular weight is 353 g/mol. The van der Waals surface area contributed by atoms with Gasteiger partial charge in [-0.1, -0.05) is 6.07 Å². The number of nitrogens with one attached hydrogen (secondary N) is 2. The summed E-state index contributed by atoms with van der Waals surface area (Å²) in [6.07, 6.45) is 0. The maximum atomic E-state index is 13.7. The second-order valence-electron chi connectivity index (χ2n) is 5.78. The molecule has 1 aromatic heterocycles. The van der Waals surface area contributed by atoms with Crippen molar-refractivity contribution in [1.82, 2.24) is 15.5 Å². The van der Waals surface area contributed by atoms with Gasteiger partial charge in [0, 0.05) is 18.2 Å². The van der Waals surface area contributed by atoms with Gasteiger partial charge in [-0.2, -0.15) is 11.3 Å². The van der Waals surface area contributed by atoms with E-state index in [-0.39, 0.29) is 11.6 Å². The van der Waals surface area contributed by atoms with E-state index in [4.69, 9.17) is 0 Å². The third kappa shape index (κ3) is 4.75. The van der Waals surface area contributed by atoms with Crippen LogP contribution in [-0.2, 0) is 0 Å². The molecule has 7 heteroatoms.